The molecule has 0 fully saturated rings. The monoisotopic (exact) mass is 203 g/mol. The molecule has 0 aliphatic heterocycles. The molecule has 0 saturated carbocycles. The van der Waals surface area contributed by atoms with Crippen LogP contribution in [0.1, 0.15) is 27.2 Å². The average Bonchev–Trinajstić information content (AvgIpc) is 2.12. The van der Waals surface area contributed by atoms with Gasteiger partial charge in [0.05, 0.1) is 6.61 Å². The molecule has 0 bridgehead atoms. The Morgan fingerprint density at radius 1 is 1.57 bits per heavy atom. The lowest BCUT2D eigenvalue weighted by molar-refractivity contribution is -0.137. The number of carbonyl (C=O) groups is 1. The van der Waals surface area contributed by atoms with Crippen molar-refractivity contribution in [1.82, 2.24) is 5.32 Å². The van der Waals surface area contributed by atoms with Gasteiger partial charge in [-0.25, -0.2) is 0 Å². The Labute approximate surface area is 85.6 Å². The third kappa shape index (κ3) is 4.07. The molecule has 4 nitrogen and oxygen atoms in total. The largest absolute Gasteiger partial charge is 0.384 e. The number of rotatable bonds is 6. The van der Waals surface area contributed by atoms with Gasteiger partial charge in [0.15, 0.2) is 0 Å². The highest BCUT2D eigenvalue weighted by molar-refractivity contribution is 5.81. The van der Waals surface area contributed by atoms with E-state index in [9.17, 15) is 9.90 Å². The molecule has 1 unspecified atom stereocenters. The van der Waals surface area contributed by atoms with Crippen LogP contribution in [-0.4, -0.2) is 37.4 Å². The van der Waals surface area contributed by atoms with Crippen molar-refractivity contribution in [3.05, 3.63) is 0 Å². The first-order chi connectivity index (χ1) is 6.45. The van der Waals surface area contributed by atoms with Crippen molar-refractivity contribution in [1.29, 1.82) is 0 Å². The molecule has 0 spiro atoms. The number of hydrogen-bond acceptors (Lipinski definition) is 3. The molecule has 0 aromatic carbocycles. The minimum Gasteiger partial charge on any atom is -0.384 e. The SMILES string of the molecule is CCCNC(=O)C(O)C(C)(C)COC. The quantitative estimate of drug-likeness (QED) is 0.662. The maximum atomic E-state index is 11.4. The number of aliphatic hydroxyl groups is 1. The third-order valence-electron chi connectivity index (χ3n) is 2.05. The Bertz CT molecular complexity index is 180. The Kier molecular flexibility index (Phi) is 5.72. The smallest absolute Gasteiger partial charge is 0.249 e. The van der Waals surface area contributed by atoms with Crippen molar-refractivity contribution < 1.29 is 14.6 Å². The Morgan fingerprint density at radius 3 is 2.57 bits per heavy atom. The normalized spacial score (nSPS) is 13.8. The maximum absolute atomic E-state index is 11.4. The summed E-state index contributed by atoms with van der Waals surface area (Å²) in [5.41, 5.74) is -0.549. The fraction of sp³-hybridized carbons (Fsp3) is 0.900. The van der Waals surface area contributed by atoms with Crippen LogP contribution in [-0.2, 0) is 9.53 Å². The van der Waals surface area contributed by atoms with Crippen LogP contribution < -0.4 is 5.32 Å². The number of ether oxygens (including phenoxy) is 1. The van der Waals surface area contributed by atoms with Crippen molar-refractivity contribution in [2.24, 2.45) is 5.41 Å². The molecule has 2 N–H and O–H groups in total. The summed E-state index contributed by atoms with van der Waals surface area (Å²) < 4.78 is 4.94. The van der Waals surface area contributed by atoms with Crippen LogP contribution in [0, 0.1) is 5.41 Å². The molecule has 84 valence electrons. The van der Waals surface area contributed by atoms with E-state index in [0.717, 1.165) is 6.42 Å². The topological polar surface area (TPSA) is 58.6 Å². The summed E-state index contributed by atoms with van der Waals surface area (Å²) in [5.74, 6) is -0.325. The fourth-order valence-corrected chi connectivity index (χ4v) is 1.15. The molecular weight excluding hydrogens is 182 g/mol. The van der Waals surface area contributed by atoms with E-state index in [1.54, 1.807) is 21.0 Å². The second-order valence-corrected chi connectivity index (χ2v) is 4.12. The minimum atomic E-state index is -1.02. The number of amides is 1. The van der Waals surface area contributed by atoms with Crippen LogP contribution in [0.25, 0.3) is 0 Å². The maximum Gasteiger partial charge on any atom is 0.249 e. The molecule has 0 aliphatic rings. The van der Waals surface area contributed by atoms with Crippen LogP contribution >= 0.6 is 0 Å². The van der Waals surface area contributed by atoms with Crippen molar-refractivity contribution in [2.75, 3.05) is 20.3 Å². The number of methoxy groups -OCH3 is 1. The first-order valence-corrected chi connectivity index (χ1v) is 4.90. The number of carbonyl (C=O) groups excluding carboxylic acids is 1. The van der Waals surface area contributed by atoms with Gasteiger partial charge in [-0.3, -0.25) is 4.79 Å². The van der Waals surface area contributed by atoms with Crippen LogP contribution in [0.2, 0.25) is 0 Å². The third-order valence-corrected chi connectivity index (χ3v) is 2.05. The number of hydrogen-bond donors (Lipinski definition) is 2. The van der Waals surface area contributed by atoms with E-state index in [4.69, 9.17) is 4.74 Å². The van der Waals surface area contributed by atoms with E-state index in [2.05, 4.69) is 5.32 Å². The van der Waals surface area contributed by atoms with E-state index in [-0.39, 0.29) is 5.91 Å². The van der Waals surface area contributed by atoms with E-state index in [1.165, 1.54) is 0 Å². The molecule has 0 aliphatic carbocycles. The van der Waals surface area contributed by atoms with Crippen molar-refractivity contribution in [3.8, 4) is 0 Å². The van der Waals surface area contributed by atoms with E-state index >= 15 is 0 Å². The first-order valence-electron chi connectivity index (χ1n) is 4.90. The molecule has 0 aromatic heterocycles. The zero-order valence-electron chi connectivity index (χ0n) is 9.46. The molecular formula is C10H21NO3. The van der Waals surface area contributed by atoms with Gasteiger partial charge in [-0.15, -0.1) is 0 Å². The van der Waals surface area contributed by atoms with Gasteiger partial charge in [0.1, 0.15) is 6.10 Å². The lowest BCUT2D eigenvalue weighted by Crippen LogP contribution is -2.46. The summed E-state index contributed by atoms with van der Waals surface area (Å²) >= 11 is 0. The zero-order valence-corrected chi connectivity index (χ0v) is 9.46. The van der Waals surface area contributed by atoms with Gasteiger partial charge in [0.25, 0.3) is 0 Å². The first kappa shape index (κ1) is 13.4. The lowest BCUT2D eigenvalue weighted by Gasteiger charge is -2.28. The minimum absolute atomic E-state index is 0.325. The van der Waals surface area contributed by atoms with Gasteiger partial charge in [-0.1, -0.05) is 20.8 Å². The second kappa shape index (κ2) is 5.98. The Morgan fingerprint density at radius 2 is 2.14 bits per heavy atom. The molecule has 0 saturated heterocycles. The van der Waals surface area contributed by atoms with E-state index < -0.39 is 11.5 Å². The summed E-state index contributed by atoms with van der Waals surface area (Å²) in [6, 6.07) is 0. The molecule has 14 heavy (non-hydrogen) atoms. The van der Waals surface area contributed by atoms with Crippen LogP contribution in [0.15, 0.2) is 0 Å². The molecule has 1 amide bonds. The van der Waals surface area contributed by atoms with Gasteiger partial charge < -0.3 is 15.2 Å². The van der Waals surface area contributed by atoms with Gasteiger partial charge in [-0.05, 0) is 6.42 Å². The van der Waals surface area contributed by atoms with Crippen molar-refractivity contribution >= 4 is 5.91 Å². The predicted molar refractivity (Wildman–Crippen MR) is 55.0 cm³/mol. The average molecular weight is 203 g/mol. The van der Waals surface area contributed by atoms with E-state index in [0.29, 0.717) is 13.2 Å². The standard InChI is InChI=1S/C10H21NO3/c1-5-6-11-9(13)8(12)10(2,3)7-14-4/h8,12H,5-7H2,1-4H3,(H,11,13). The zero-order chi connectivity index (χ0) is 11.2. The van der Waals surface area contributed by atoms with Crippen molar-refractivity contribution in [3.63, 3.8) is 0 Å². The summed E-state index contributed by atoms with van der Waals surface area (Å²) in [5, 5.41) is 12.4. The van der Waals surface area contributed by atoms with Gasteiger partial charge in [-0.2, -0.15) is 0 Å². The van der Waals surface area contributed by atoms with Crippen LogP contribution in [0.4, 0.5) is 0 Å². The molecule has 1 atom stereocenters. The molecule has 0 radical (unpaired) electrons. The summed E-state index contributed by atoms with van der Waals surface area (Å²) in [6.07, 6.45) is -0.155. The molecule has 4 heteroatoms. The highest BCUT2D eigenvalue weighted by Crippen LogP contribution is 2.20. The molecule has 0 rings (SSSR count). The highest BCUT2D eigenvalue weighted by Gasteiger charge is 2.33. The Hall–Kier alpha value is -0.610. The highest BCUT2D eigenvalue weighted by atomic mass is 16.5. The van der Waals surface area contributed by atoms with Gasteiger partial charge >= 0.3 is 0 Å². The van der Waals surface area contributed by atoms with Gasteiger partial charge in [0, 0.05) is 19.1 Å². The summed E-state index contributed by atoms with van der Waals surface area (Å²) in [7, 11) is 1.55. The molecule has 0 heterocycles. The van der Waals surface area contributed by atoms with Gasteiger partial charge in [0.2, 0.25) is 5.91 Å². The lowest BCUT2D eigenvalue weighted by atomic mass is 9.87. The van der Waals surface area contributed by atoms with Crippen LogP contribution in [0.5, 0.6) is 0 Å². The number of nitrogens with one attached hydrogen (secondary N) is 1. The van der Waals surface area contributed by atoms with E-state index in [1.807, 2.05) is 6.92 Å². The molecule has 0 aromatic rings. The van der Waals surface area contributed by atoms with Crippen molar-refractivity contribution in [2.45, 2.75) is 33.3 Å². The fourth-order valence-electron chi connectivity index (χ4n) is 1.15. The summed E-state index contributed by atoms with van der Waals surface area (Å²) in [4.78, 5) is 11.4. The Balaban J connectivity index is 4.14. The van der Waals surface area contributed by atoms with Crippen LogP contribution in [0.3, 0.4) is 0 Å². The number of aliphatic hydroxyl groups excluding tert-OH is 1. The second-order valence-electron chi connectivity index (χ2n) is 4.12. The summed E-state index contributed by atoms with van der Waals surface area (Å²) in [6.45, 7) is 6.51. The predicted octanol–water partition coefficient (Wildman–Crippen LogP) is 0.546.